The molecule has 0 aliphatic carbocycles. The van der Waals surface area contributed by atoms with Crippen molar-refractivity contribution in [2.24, 2.45) is 0 Å². The molecule has 1 amide bonds. The fourth-order valence-corrected chi connectivity index (χ4v) is 2.41. The van der Waals surface area contributed by atoms with Crippen LogP contribution in [-0.2, 0) is 0 Å². The summed E-state index contributed by atoms with van der Waals surface area (Å²) < 4.78 is 5.51. The van der Waals surface area contributed by atoms with Gasteiger partial charge >= 0.3 is 0 Å². The fraction of sp³-hybridized carbons (Fsp3) is 0.150. The molecule has 0 aliphatic heterocycles. The van der Waals surface area contributed by atoms with Gasteiger partial charge in [0, 0.05) is 18.1 Å². The van der Waals surface area contributed by atoms with E-state index in [4.69, 9.17) is 4.74 Å². The molecule has 0 radical (unpaired) electrons. The van der Waals surface area contributed by atoms with Crippen molar-refractivity contribution in [3.8, 4) is 5.75 Å². The molecule has 1 heterocycles. The van der Waals surface area contributed by atoms with E-state index in [-0.39, 0.29) is 5.91 Å². The molecule has 0 spiro atoms. The third-order valence-corrected chi connectivity index (χ3v) is 3.62. The van der Waals surface area contributed by atoms with E-state index in [0.717, 1.165) is 11.3 Å². The van der Waals surface area contributed by atoms with Gasteiger partial charge in [0.05, 0.1) is 17.9 Å². The smallest absolute Gasteiger partial charge is 0.258 e. The minimum atomic E-state index is -0.292. The zero-order valence-corrected chi connectivity index (χ0v) is 14.7. The predicted molar refractivity (Wildman–Crippen MR) is 102 cm³/mol. The van der Waals surface area contributed by atoms with E-state index in [0.29, 0.717) is 29.6 Å². The van der Waals surface area contributed by atoms with Crippen LogP contribution in [0.25, 0.3) is 0 Å². The van der Waals surface area contributed by atoms with E-state index in [2.05, 4.69) is 20.6 Å². The molecule has 1 aromatic heterocycles. The van der Waals surface area contributed by atoms with Gasteiger partial charge in [-0.15, -0.1) is 0 Å². The van der Waals surface area contributed by atoms with Crippen LogP contribution in [0.3, 0.4) is 0 Å². The number of rotatable bonds is 6. The maximum absolute atomic E-state index is 12.4. The number of carbonyl (C=O) groups excluding carboxylic acids is 1. The predicted octanol–water partition coefficient (Wildman–Crippen LogP) is 4.18. The van der Waals surface area contributed by atoms with E-state index >= 15 is 0 Å². The van der Waals surface area contributed by atoms with E-state index in [1.54, 1.807) is 6.07 Å². The number of aryl methyl sites for hydroxylation is 1. The van der Waals surface area contributed by atoms with Gasteiger partial charge in [0.25, 0.3) is 5.91 Å². The standard InChI is InChI=1S/C20H20N4O2/c1-3-26-18-10-5-4-9-17(18)24-19(25)15-12-21-20(22-13-15)23-16-8-6-7-14(2)11-16/h4-13H,3H2,1-2H3,(H,24,25)(H,21,22,23). The largest absolute Gasteiger partial charge is 0.492 e. The Balaban J connectivity index is 1.69. The minimum Gasteiger partial charge on any atom is -0.492 e. The number of ether oxygens (including phenoxy) is 1. The number of hydrogen-bond acceptors (Lipinski definition) is 5. The Kier molecular flexibility index (Phi) is 5.43. The Morgan fingerprint density at radius 3 is 2.58 bits per heavy atom. The summed E-state index contributed by atoms with van der Waals surface area (Å²) in [5.41, 5.74) is 3.01. The summed E-state index contributed by atoms with van der Waals surface area (Å²) in [6.07, 6.45) is 2.98. The molecular formula is C20H20N4O2. The molecule has 2 N–H and O–H groups in total. The van der Waals surface area contributed by atoms with Crippen LogP contribution >= 0.6 is 0 Å². The number of para-hydroxylation sites is 2. The molecule has 0 atom stereocenters. The Morgan fingerprint density at radius 2 is 1.85 bits per heavy atom. The van der Waals surface area contributed by atoms with Gasteiger partial charge in [0.15, 0.2) is 0 Å². The summed E-state index contributed by atoms with van der Waals surface area (Å²) >= 11 is 0. The van der Waals surface area contributed by atoms with Crippen molar-refractivity contribution in [3.05, 3.63) is 72.1 Å². The number of hydrogen-bond donors (Lipinski definition) is 2. The summed E-state index contributed by atoms with van der Waals surface area (Å²) in [5.74, 6) is 0.767. The van der Waals surface area contributed by atoms with Crippen LogP contribution in [0.5, 0.6) is 5.75 Å². The zero-order chi connectivity index (χ0) is 18.4. The first-order chi connectivity index (χ1) is 12.7. The van der Waals surface area contributed by atoms with Crippen LogP contribution in [0.4, 0.5) is 17.3 Å². The van der Waals surface area contributed by atoms with E-state index in [1.807, 2.05) is 56.3 Å². The number of benzene rings is 2. The number of anilines is 3. The molecule has 6 nitrogen and oxygen atoms in total. The molecule has 0 saturated carbocycles. The first-order valence-corrected chi connectivity index (χ1v) is 8.34. The lowest BCUT2D eigenvalue weighted by molar-refractivity contribution is 0.102. The Labute approximate surface area is 152 Å². The second-order valence-corrected chi connectivity index (χ2v) is 5.67. The molecule has 6 heteroatoms. The number of nitrogens with zero attached hydrogens (tertiary/aromatic N) is 2. The molecule has 0 bridgehead atoms. The van der Waals surface area contributed by atoms with Gasteiger partial charge in [-0.2, -0.15) is 0 Å². The zero-order valence-electron chi connectivity index (χ0n) is 14.7. The van der Waals surface area contributed by atoms with Crippen molar-refractivity contribution in [3.63, 3.8) is 0 Å². The molecule has 0 fully saturated rings. The number of nitrogens with one attached hydrogen (secondary N) is 2. The van der Waals surface area contributed by atoms with Crippen molar-refractivity contribution in [1.82, 2.24) is 9.97 Å². The van der Waals surface area contributed by atoms with E-state index in [1.165, 1.54) is 12.4 Å². The molecule has 132 valence electrons. The van der Waals surface area contributed by atoms with Crippen molar-refractivity contribution < 1.29 is 9.53 Å². The van der Waals surface area contributed by atoms with Crippen LogP contribution in [0.1, 0.15) is 22.8 Å². The number of aromatic nitrogens is 2. The maximum Gasteiger partial charge on any atom is 0.258 e. The highest BCUT2D eigenvalue weighted by atomic mass is 16.5. The molecule has 2 aromatic carbocycles. The summed E-state index contributed by atoms with van der Waals surface area (Å²) in [6.45, 7) is 4.43. The molecule has 3 rings (SSSR count). The topological polar surface area (TPSA) is 76.1 Å². The highest BCUT2D eigenvalue weighted by Crippen LogP contribution is 2.24. The third-order valence-electron chi connectivity index (χ3n) is 3.62. The monoisotopic (exact) mass is 348 g/mol. The minimum absolute atomic E-state index is 0.292. The highest BCUT2D eigenvalue weighted by Gasteiger charge is 2.11. The average molecular weight is 348 g/mol. The summed E-state index contributed by atoms with van der Waals surface area (Å²) in [4.78, 5) is 20.8. The number of amides is 1. The van der Waals surface area contributed by atoms with Gasteiger partial charge in [0.1, 0.15) is 5.75 Å². The lowest BCUT2D eigenvalue weighted by Crippen LogP contribution is -2.14. The third kappa shape index (κ3) is 4.36. The average Bonchev–Trinajstić information content (AvgIpc) is 2.64. The first-order valence-electron chi connectivity index (χ1n) is 8.34. The lowest BCUT2D eigenvalue weighted by atomic mass is 10.2. The van der Waals surface area contributed by atoms with E-state index in [9.17, 15) is 4.79 Å². The van der Waals surface area contributed by atoms with E-state index < -0.39 is 0 Å². The molecule has 0 unspecified atom stereocenters. The highest BCUT2D eigenvalue weighted by molar-refractivity contribution is 6.04. The molecule has 3 aromatic rings. The van der Waals surface area contributed by atoms with Crippen molar-refractivity contribution >= 4 is 23.2 Å². The molecular weight excluding hydrogens is 328 g/mol. The van der Waals surface area contributed by atoms with Gasteiger partial charge in [0.2, 0.25) is 5.95 Å². The summed E-state index contributed by atoms with van der Waals surface area (Å²) in [7, 11) is 0. The van der Waals surface area contributed by atoms with Crippen LogP contribution in [-0.4, -0.2) is 22.5 Å². The van der Waals surface area contributed by atoms with Gasteiger partial charge < -0.3 is 15.4 Å². The normalized spacial score (nSPS) is 10.2. The quantitative estimate of drug-likeness (QED) is 0.699. The van der Waals surface area contributed by atoms with Crippen LogP contribution < -0.4 is 15.4 Å². The SMILES string of the molecule is CCOc1ccccc1NC(=O)c1cnc(Nc2cccc(C)c2)nc1. The summed E-state index contributed by atoms with van der Waals surface area (Å²) in [6, 6.07) is 15.2. The second-order valence-electron chi connectivity index (χ2n) is 5.67. The van der Waals surface area contributed by atoms with Crippen molar-refractivity contribution in [1.29, 1.82) is 0 Å². The Morgan fingerprint density at radius 1 is 1.08 bits per heavy atom. The molecule has 0 aliphatic rings. The summed E-state index contributed by atoms with van der Waals surface area (Å²) in [5, 5.41) is 5.94. The van der Waals surface area contributed by atoms with Crippen LogP contribution in [0.15, 0.2) is 60.9 Å². The van der Waals surface area contributed by atoms with Gasteiger partial charge in [-0.25, -0.2) is 9.97 Å². The van der Waals surface area contributed by atoms with Gasteiger partial charge in [-0.1, -0.05) is 24.3 Å². The molecule has 0 saturated heterocycles. The van der Waals surface area contributed by atoms with Crippen molar-refractivity contribution in [2.45, 2.75) is 13.8 Å². The number of carbonyl (C=O) groups is 1. The van der Waals surface area contributed by atoms with Crippen LogP contribution in [0.2, 0.25) is 0 Å². The van der Waals surface area contributed by atoms with Gasteiger partial charge in [-0.05, 0) is 43.7 Å². The van der Waals surface area contributed by atoms with Crippen LogP contribution in [0, 0.1) is 6.92 Å². The first kappa shape index (κ1) is 17.4. The fourth-order valence-electron chi connectivity index (χ4n) is 2.41. The van der Waals surface area contributed by atoms with Gasteiger partial charge in [-0.3, -0.25) is 4.79 Å². The maximum atomic E-state index is 12.4. The Hall–Kier alpha value is -3.41. The lowest BCUT2D eigenvalue weighted by Gasteiger charge is -2.11. The Bertz CT molecular complexity index is 894. The second kappa shape index (κ2) is 8.11. The van der Waals surface area contributed by atoms with Crippen molar-refractivity contribution in [2.75, 3.05) is 17.2 Å². The molecule has 26 heavy (non-hydrogen) atoms.